The number of β-amino-alcohol motifs (C(OH)–C–C–N with tert-alkyl or cyclic N) is 1. The predicted molar refractivity (Wildman–Crippen MR) is 72.6 cm³/mol. The number of hydrogen-bond acceptors (Lipinski definition) is 5. The number of nitrogens with zero attached hydrogens (tertiary/aromatic N) is 2. The Morgan fingerprint density at radius 2 is 2.00 bits per heavy atom. The van der Waals surface area contributed by atoms with Crippen molar-refractivity contribution >= 4 is 10.0 Å². The number of aliphatic hydroxyl groups is 1. The summed E-state index contributed by atoms with van der Waals surface area (Å²) in [5.74, 6) is 0.636. The first-order valence-electron chi connectivity index (χ1n) is 7.05. The highest BCUT2D eigenvalue weighted by molar-refractivity contribution is 7.89. The second-order valence-electron chi connectivity index (χ2n) is 5.51. The van der Waals surface area contributed by atoms with Crippen LogP contribution in [-0.2, 0) is 16.6 Å². The summed E-state index contributed by atoms with van der Waals surface area (Å²) in [5.41, 5.74) is 0. The molecule has 7 heteroatoms. The van der Waals surface area contributed by atoms with Gasteiger partial charge in [-0.2, -0.15) is 4.31 Å². The smallest absolute Gasteiger partial charge is 0.276 e. The van der Waals surface area contributed by atoms with Crippen molar-refractivity contribution in [3.8, 4) is 0 Å². The van der Waals surface area contributed by atoms with Gasteiger partial charge in [-0.15, -0.1) is 0 Å². The van der Waals surface area contributed by atoms with E-state index in [1.807, 2.05) is 0 Å². The van der Waals surface area contributed by atoms with Crippen molar-refractivity contribution in [1.82, 2.24) is 9.21 Å². The van der Waals surface area contributed by atoms with Crippen molar-refractivity contribution in [3.05, 3.63) is 17.9 Å². The van der Waals surface area contributed by atoms with Gasteiger partial charge in [0.05, 0.1) is 12.6 Å². The molecule has 3 rings (SSSR count). The molecule has 0 aliphatic carbocycles. The molecule has 1 N–H and O–H groups in total. The van der Waals surface area contributed by atoms with Crippen molar-refractivity contribution in [1.29, 1.82) is 0 Å². The summed E-state index contributed by atoms with van der Waals surface area (Å²) in [6, 6.07) is 3.25. The van der Waals surface area contributed by atoms with E-state index in [1.54, 1.807) is 6.07 Å². The van der Waals surface area contributed by atoms with Gasteiger partial charge in [-0.05, 0) is 31.4 Å². The largest absolute Gasteiger partial charge is 0.447 e. The van der Waals surface area contributed by atoms with Crippen LogP contribution in [0.4, 0.5) is 0 Å². The van der Waals surface area contributed by atoms with Crippen LogP contribution in [0.25, 0.3) is 0 Å². The summed E-state index contributed by atoms with van der Waals surface area (Å²) >= 11 is 0. The highest BCUT2D eigenvalue weighted by atomic mass is 32.2. The van der Waals surface area contributed by atoms with E-state index in [1.165, 1.54) is 10.4 Å². The van der Waals surface area contributed by atoms with Gasteiger partial charge in [0.15, 0.2) is 0 Å². The lowest BCUT2D eigenvalue weighted by Crippen LogP contribution is -2.27. The quantitative estimate of drug-likeness (QED) is 0.883. The molecule has 3 heterocycles. The molecule has 0 amide bonds. The molecule has 6 nitrogen and oxygen atoms in total. The molecule has 0 unspecified atom stereocenters. The van der Waals surface area contributed by atoms with E-state index in [-0.39, 0.29) is 11.2 Å². The maximum atomic E-state index is 12.3. The average Bonchev–Trinajstić information content (AvgIpc) is 3.11. The predicted octanol–water partition coefficient (Wildman–Crippen LogP) is 0.631. The lowest BCUT2D eigenvalue weighted by molar-refractivity contribution is 0.171. The number of likely N-dealkylation sites (tertiary alicyclic amines) is 1. The molecule has 2 saturated heterocycles. The van der Waals surface area contributed by atoms with Crippen molar-refractivity contribution in [2.24, 2.45) is 0 Å². The zero-order valence-electron chi connectivity index (χ0n) is 11.4. The molecular formula is C13H20N2O4S. The van der Waals surface area contributed by atoms with Crippen LogP contribution >= 0.6 is 0 Å². The van der Waals surface area contributed by atoms with Gasteiger partial charge >= 0.3 is 0 Å². The molecule has 2 aliphatic heterocycles. The normalized spacial score (nSPS) is 25.6. The van der Waals surface area contributed by atoms with E-state index in [0.29, 0.717) is 31.9 Å². The Morgan fingerprint density at radius 3 is 2.65 bits per heavy atom. The first-order chi connectivity index (χ1) is 9.55. The van der Waals surface area contributed by atoms with E-state index in [0.717, 1.165) is 25.8 Å². The number of rotatable bonds is 4. The van der Waals surface area contributed by atoms with Crippen LogP contribution in [-0.4, -0.2) is 55.0 Å². The van der Waals surface area contributed by atoms with Crippen molar-refractivity contribution in [2.75, 3.05) is 26.2 Å². The van der Waals surface area contributed by atoms with E-state index in [9.17, 15) is 13.5 Å². The molecular weight excluding hydrogens is 280 g/mol. The fourth-order valence-corrected chi connectivity index (χ4v) is 4.26. The maximum Gasteiger partial charge on any atom is 0.276 e. The highest BCUT2D eigenvalue weighted by Gasteiger charge is 2.30. The van der Waals surface area contributed by atoms with Crippen LogP contribution in [0.1, 0.15) is 25.0 Å². The van der Waals surface area contributed by atoms with E-state index in [2.05, 4.69) is 4.90 Å². The Kier molecular flexibility index (Phi) is 3.85. The van der Waals surface area contributed by atoms with Crippen molar-refractivity contribution in [2.45, 2.75) is 37.0 Å². The van der Waals surface area contributed by atoms with Crippen LogP contribution in [0.15, 0.2) is 21.6 Å². The molecule has 1 aromatic rings. The Morgan fingerprint density at radius 1 is 1.25 bits per heavy atom. The number of sulfonamides is 1. The third-order valence-corrected chi connectivity index (χ3v) is 5.70. The number of hydrogen-bond donors (Lipinski definition) is 1. The van der Waals surface area contributed by atoms with Gasteiger partial charge in [0.1, 0.15) is 5.76 Å². The summed E-state index contributed by atoms with van der Waals surface area (Å²) in [4.78, 5) is 2.07. The minimum absolute atomic E-state index is 0.0362. The van der Waals surface area contributed by atoms with Crippen molar-refractivity contribution in [3.63, 3.8) is 0 Å². The van der Waals surface area contributed by atoms with Gasteiger partial charge in [0.25, 0.3) is 10.0 Å². The van der Waals surface area contributed by atoms with Gasteiger partial charge in [-0.25, -0.2) is 8.42 Å². The van der Waals surface area contributed by atoms with Gasteiger partial charge in [-0.1, -0.05) is 0 Å². The van der Waals surface area contributed by atoms with Crippen LogP contribution in [0.3, 0.4) is 0 Å². The van der Waals surface area contributed by atoms with E-state index < -0.39 is 10.0 Å². The molecule has 0 aromatic carbocycles. The zero-order valence-corrected chi connectivity index (χ0v) is 12.2. The summed E-state index contributed by atoms with van der Waals surface area (Å²) in [5, 5.41) is 9.52. The van der Waals surface area contributed by atoms with Gasteiger partial charge < -0.3 is 9.52 Å². The molecule has 2 fully saturated rings. The van der Waals surface area contributed by atoms with Gasteiger partial charge in [-0.3, -0.25) is 4.90 Å². The SMILES string of the molecule is O=S(=O)(c1ccc(CN2CC[C@H](O)C2)o1)N1CCCC1. The lowest BCUT2D eigenvalue weighted by atomic mass is 10.3. The van der Waals surface area contributed by atoms with Crippen LogP contribution in [0.2, 0.25) is 0 Å². The second-order valence-corrected chi connectivity index (χ2v) is 7.38. The second kappa shape index (κ2) is 5.48. The van der Waals surface area contributed by atoms with Gasteiger partial charge in [0.2, 0.25) is 5.09 Å². The van der Waals surface area contributed by atoms with Crippen LogP contribution in [0, 0.1) is 0 Å². The van der Waals surface area contributed by atoms with Gasteiger partial charge in [0, 0.05) is 26.2 Å². The Hall–Kier alpha value is -0.890. The third-order valence-electron chi connectivity index (χ3n) is 3.92. The fourth-order valence-electron chi connectivity index (χ4n) is 2.81. The highest BCUT2D eigenvalue weighted by Crippen LogP contribution is 2.23. The molecule has 1 atom stereocenters. The molecule has 0 spiro atoms. The summed E-state index contributed by atoms with van der Waals surface area (Å²) in [6.45, 7) is 3.14. The summed E-state index contributed by atoms with van der Waals surface area (Å²) in [7, 11) is -3.46. The fraction of sp³-hybridized carbons (Fsp3) is 0.692. The minimum Gasteiger partial charge on any atom is -0.447 e. The molecule has 20 heavy (non-hydrogen) atoms. The average molecular weight is 300 g/mol. The Bertz CT molecular complexity index is 563. The first kappa shape index (κ1) is 14.1. The maximum absolute atomic E-state index is 12.3. The Balaban J connectivity index is 1.70. The topological polar surface area (TPSA) is 74.0 Å². The van der Waals surface area contributed by atoms with E-state index >= 15 is 0 Å². The lowest BCUT2D eigenvalue weighted by Gasteiger charge is -2.14. The zero-order chi connectivity index (χ0) is 14.2. The summed E-state index contributed by atoms with van der Waals surface area (Å²) < 4.78 is 31.6. The molecule has 0 radical (unpaired) electrons. The molecule has 0 saturated carbocycles. The molecule has 2 aliphatic rings. The van der Waals surface area contributed by atoms with Crippen molar-refractivity contribution < 1.29 is 17.9 Å². The number of furan rings is 1. The standard InChI is InChI=1S/C13H20N2O4S/c16-11-5-8-14(9-11)10-12-3-4-13(19-12)20(17,18)15-6-1-2-7-15/h3-4,11,16H,1-2,5-10H2/t11-/m0/s1. The number of aliphatic hydroxyl groups excluding tert-OH is 1. The third kappa shape index (κ3) is 2.76. The molecule has 112 valence electrons. The molecule has 0 bridgehead atoms. The monoisotopic (exact) mass is 300 g/mol. The first-order valence-corrected chi connectivity index (χ1v) is 8.49. The van der Waals surface area contributed by atoms with Crippen LogP contribution in [0.5, 0.6) is 0 Å². The van der Waals surface area contributed by atoms with E-state index in [4.69, 9.17) is 4.42 Å². The van der Waals surface area contributed by atoms with Crippen LogP contribution < -0.4 is 0 Å². The Labute approximate surface area is 119 Å². The molecule has 1 aromatic heterocycles. The minimum atomic E-state index is -3.46. The summed E-state index contributed by atoms with van der Waals surface area (Å²) in [6.07, 6.45) is 2.31.